The van der Waals surface area contributed by atoms with Crippen LogP contribution in [0.25, 0.3) is 10.6 Å². The standard InChI is InChI=1S/C22H19ClFN3O4S/c1-11-5-6-31-16-10-26-9-14(19(28)20(29)18(26)22(30)27(11)16)21-25-8-13(32-21)7-12-3-2-4-15(23)17(12)24/h2-4,8-9,11,16,29H,5-7,10H2,1H3/t11-,16+/m0/s1. The van der Waals surface area contributed by atoms with Crippen LogP contribution in [0.15, 0.2) is 35.4 Å². The first-order valence-electron chi connectivity index (χ1n) is 10.1. The highest BCUT2D eigenvalue weighted by Gasteiger charge is 2.40. The number of amides is 1. The number of carbonyl (C=O) groups excluding carboxylic acids is 1. The zero-order valence-corrected chi connectivity index (χ0v) is 18.6. The van der Waals surface area contributed by atoms with Crippen molar-refractivity contribution in [1.29, 1.82) is 0 Å². The Labute approximate surface area is 191 Å². The Bertz CT molecular complexity index is 1290. The first kappa shape index (κ1) is 21.1. The van der Waals surface area contributed by atoms with Crippen LogP contribution in [0.4, 0.5) is 4.39 Å². The van der Waals surface area contributed by atoms with Crippen molar-refractivity contribution in [1.82, 2.24) is 14.5 Å². The van der Waals surface area contributed by atoms with Gasteiger partial charge in [0.05, 0.1) is 23.7 Å². The number of thiazole rings is 1. The number of pyridine rings is 1. The van der Waals surface area contributed by atoms with Crippen molar-refractivity contribution in [2.75, 3.05) is 6.61 Å². The van der Waals surface area contributed by atoms with Crippen molar-refractivity contribution in [3.8, 4) is 16.3 Å². The summed E-state index contributed by atoms with van der Waals surface area (Å²) in [6.45, 7) is 2.77. The maximum absolute atomic E-state index is 14.2. The van der Waals surface area contributed by atoms with Crippen molar-refractivity contribution in [3.05, 3.63) is 67.8 Å². The average molecular weight is 476 g/mol. The summed E-state index contributed by atoms with van der Waals surface area (Å²) in [5.74, 6) is -1.51. The van der Waals surface area contributed by atoms with Crippen molar-refractivity contribution in [2.45, 2.75) is 38.6 Å². The summed E-state index contributed by atoms with van der Waals surface area (Å²) in [6, 6.07) is 4.75. The van der Waals surface area contributed by atoms with E-state index >= 15 is 0 Å². The molecule has 10 heteroatoms. The van der Waals surface area contributed by atoms with Gasteiger partial charge >= 0.3 is 0 Å². The predicted octanol–water partition coefficient (Wildman–Crippen LogP) is 3.65. The summed E-state index contributed by atoms with van der Waals surface area (Å²) in [5, 5.41) is 11.1. The summed E-state index contributed by atoms with van der Waals surface area (Å²) < 4.78 is 21.6. The van der Waals surface area contributed by atoms with Gasteiger partial charge in [0.25, 0.3) is 5.91 Å². The van der Waals surface area contributed by atoms with Gasteiger partial charge in [-0.05, 0) is 25.0 Å². The largest absolute Gasteiger partial charge is 0.503 e. The van der Waals surface area contributed by atoms with Crippen LogP contribution in [0.5, 0.6) is 5.75 Å². The summed E-state index contributed by atoms with van der Waals surface area (Å²) >= 11 is 7.08. The quantitative estimate of drug-likeness (QED) is 0.625. The van der Waals surface area contributed by atoms with E-state index in [1.165, 1.54) is 23.6 Å². The van der Waals surface area contributed by atoms with Crippen LogP contribution >= 0.6 is 22.9 Å². The number of aromatic nitrogens is 2. The number of hydrogen-bond donors (Lipinski definition) is 1. The third kappa shape index (κ3) is 3.41. The van der Waals surface area contributed by atoms with Gasteiger partial charge in [0.2, 0.25) is 5.43 Å². The second kappa shape index (κ2) is 7.99. The highest BCUT2D eigenvalue weighted by Crippen LogP contribution is 2.32. The molecule has 2 aliphatic heterocycles. The van der Waals surface area contributed by atoms with E-state index in [2.05, 4.69) is 4.98 Å². The van der Waals surface area contributed by atoms with Gasteiger partial charge in [-0.3, -0.25) is 9.59 Å². The molecule has 1 aromatic carbocycles. The number of halogens is 2. The Morgan fingerprint density at radius 3 is 3.00 bits per heavy atom. The molecule has 0 spiro atoms. The van der Waals surface area contributed by atoms with E-state index in [1.54, 1.807) is 27.8 Å². The Hall–Kier alpha value is -2.75. The molecule has 3 aromatic rings. The molecule has 0 aliphatic carbocycles. The van der Waals surface area contributed by atoms with Crippen LogP contribution in [-0.2, 0) is 17.7 Å². The molecule has 1 N–H and O–H groups in total. The lowest BCUT2D eigenvalue weighted by atomic mass is 10.1. The molecule has 7 nitrogen and oxygen atoms in total. The maximum atomic E-state index is 14.2. The lowest BCUT2D eigenvalue weighted by Gasteiger charge is -2.44. The van der Waals surface area contributed by atoms with Crippen molar-refractivity contribution >= 4 is 28.8 Å². The summed E-state index contributed by atoms with van der Waals surface area (Å²) in [4.78, 5) is 32.6. The molecular formula is C22H19ClFN3O4S. The Morgan fingerprint density at radius 1 is 1.38 bits per heavy atom. The number of fused-ring (bicyclic) bond motifs is 2. The fourth-order valence-electron chi connectivity index (χ4n) is 4.20. The minimum Gasteiger partial charge on any atom is -0.503 e. The first-order valence-corrected chi connectivity index (χ1v) is 11.3. The number of aromatic hydroxyl groups is 1. The van der Waals surface area contributed by atoms with Crippen LogP contribution in [0.3, 0.4) is 0 Å². The molecule has 2 atom stereocenters. The zero-order chi connectivity index (χ0) is 22.6. The Morgan fingerprint density at radius 2 is 2.19 bits per heavy atom. The Balaban J connectivity index is 1.51. The van der Waals surface area contributed by atoms with Crippen molar-refractivity contribution in [3.63, 3.8) is 0 Å². The van der Waals surface area contributed by atoms with Crippen LogP contribution in [0.1, 0.15) is 34.3 Å². The van der Waals surface area contributed by atoms with E-state index in [-0.39, 0.29) is 28.7 Å². The van der Waals surface area contributed by atoms with Crippen LogP contribution in [0.2, 0.25) is 5.02 Å². The van der Waals surface area contributed by atoms with Gasteiger partial charge in [-0.1, -0.05) is 23.7 Å². The molecule has 0 bridgehead atoms. The highest BCUT2D eigenvalue weighted by molar-refractivity contribution is 7.15. The molecule has 0 saturated carbocycles. The molecule has 0 unspecified atom stereocenters. The molecular weight excluding hydrogens is 457 g/mol. The van der Waals surface area contributed by atoms with Gasteiger partial charge in [0, 0.05) is 29.7 Å². The number of carbonyl (C=O) groups is 1. The van der Waals surface area contributed by atoms with Gasteiger partial charge in [-0.25, -0.2) is 9.37 Å². The fourth-order valence-corrected chi connectivity index (χ4v) is 5.33. The molecule has 166 valence electrons. The summed E-state index contributed by atoms with van der Waals surface area (Å²) in [5.41, 5.74) is -0.0975. The summed E-state index contributed by atoms with van der Waals surface area (Å²) in [7, 11) is 0. The van der Waals surface area contributed by atoms with Crippen LogP contribution < -0.4 is 5.43 Å². The normalized spacial score (nSPS) is 20.2. The SMILES string of the molecule is C[C@H]1CCO[C@@H]2Cn3cc(-c4ncc(Cc5cccc(Cl)c5F)s4)c(=O)c(O)c3C(=O)N12. The molecule has 1 fully saturated rings. The second-order valence-corrected chi connectivity index (χ2v) is 9.44. The molecule has 5 rings (SSSR count). The van der Waals surface area contributed by atoms with Gasteiger partial charge in [-0.15, -0.1) is 11.3 Å². The number of nitrogens with zero attached hydrogens (tertiary/aromatic N) is 3. The minimum absolute atomic E-state index is 0.0369. The average Bonchev–Trinajstić information content (AvgIpc) is 3.22. The van der Waals surface area contributed by atoms with E-state index in [1.807, 2.05) is 6.92 Å². The lowest BCUT2D eigenvalue weighted by molar-refractivity contribution is -0.112. The van der Waals surface area contributed by atoms with E-state index in [4.69, 9.17) is 16.3 Å². The molecule has 32 heavy (non-hydrogen) atoms. The minimum atomic E-state index is -0.663. The predicted molar refractivity (Wildman–Crippen MR) is 118 cm³/mol. The zero-order valence-electron chi connectivity index (χ0n) is 17.0. The van der Waals surface area contributed by atoms with E-state index in [9.17, 15) is 19.1 Å². The van der Waals surface area contributed by atoms with Gasteiger partial charge < -0.3 is 19.3 Å². The molecule has 2 aliphatic rings. The number of benzene rings is 1. The Kier molecular flexibility index (Phi) is 5.27. The number of ether oxygens (including phenoxy) is 1. The van der Waals surface area contributed by atoms with Crippen LogP contribution in [-0.4, -0.2) is 44.3 Å². The van der Waals surface area contributed by atoms with E-state index in [0.717, 1.165) is 4.88 Å². The van der Waals surface area contributed by atoms with Gasteiger partial charge in [0.1, 0.15) is 10.8 Å². The fraction of sp³-hybridized carbons (Fsp3) is 0.318. The van der Waals surface area contributed by atoms with E-state index in [0.29, 0.717) is 30.1 Å². The van der Waals surface area contributed by atoms with Crippen molar-refractivity contribution in [2.24, 2.45) is 0 Å². The maximum Gasteiger partial charge on any atom is 0.276 e. The summed E-state index contributed by atoms with van der Waals surface area (Å²) in [6.07, 6.45) is 3.62. The van der Waals surface area contributed by atoms with Gasteiger partial charge in [0.15, 0.2) is 17.7 Å². The second-order valence-electron chi connectivity index (χ2n) is 7.92. The number of hydrogen-bond acceptors (Lipinski definition) is 6. The smallest absolute Gasteiger partial charge is 0.276 e. The monoisotopic (exact) mass is 475 g/mol. The molecule has 1 saturated heterocycles. The molecule has 2 aromatic heterocycles. The van der Waals surface area contributed by atoms with E-state index < -0.39 is 29.1 Å². The van der Waals surface area contributed by atoms with Crippen molar-refractivity contribution < 1.29 is 19.0 Å². The van der Waals surface area contributed by atoms with Crippen LogP contribution in [0, 0.1) is 5.82 Å². The first-order chi connectivity index (χ1) is 15.3. The molecule has 0 radical (unpaired) electrons. The topological polar surface area (TPSA) is 84.7 Å². The van der Waals surface area contributed by atoms with Gasteiger partial charge in [-0.2, -0.15) is 0 Å². The molecule has 4 heterocycles. The lowest BCUT2D eigenvalue weighted by Crippen LogP contribution is -2.56. The third-order valence-electron chi connectivity index (χ3n) is 5.86. The molecule has 1 amide bonds. The highest BCUT2D eigenvalue weighted by atomic mass is 35.5. The third-order valence-corrected chi connectivity index (χ3v) is 7.18. The number of rotatable bonds is 3.